The van der Waals surface area contributed by atoms with Gasteiger partial charge >= 0.3 is 0 Å². The monoisotopic (exact) mass is 244 g/mol. The maximum absolute atomic E-state index is 13.0. The van der Waals surface area contributed by atoms with E-state index in [2.05, 4.69) is 0 Å². The van der Waals surface area contributed by atoms with E-state index in [1.165, 1.54) is 18.2 Å². The van der Waals surface area contributed by atoms with E-state index in [1.54, 1.807) is 0 Å². The van der Waals surface area contributed by atoms with Crippen molar-refractivity contribution in [1.29, 1.82) is 0 Å². The predicted octanol–water partition coefficient (Wildman–Crippen LogP) is 2.94. The van der Waals surface area contributed by atoms with Crippen LogP contribution in [0, 0.1) is 11.7 Å². The van der Waals surface area contributed by atoms with Gasteiger partial charge in [0.1, 0.15) is 5.82 Å². The number of aliphatic hydroxyl groups is 1. The third-order valence-electron chi connectivity index (χ3n) is 2.90. The molecule has 0 radical (unpaired) electrons. The van der Waals surface area contributed by atoms with Crippen LogP contribution in [0.5, 0.6) is 0 Å². The summed E-state index contributed by atoms with van der Waals surface area (Å²) in [4.78, 5) is 0. The SMILES string of the molecule is OC(CC1CCOC1)c1cc(F)ccc1Cl. The molecule has 1 saturated heterocycles. The highest BCUT2D eigenvalue weighted by Crippen LogP contribution is 2.30. The van der Waals surface area contributed by atoms with Crippen molar-refractivity contribution in [3.63, 3.8) is 0 Å². The second kappa shape index (κ2) is 5.13. The van der Waals surface area contributed by atoms with Crippen molar-refractivity contribution in [3.05, 3.63) is 34.6 Å². The topological polar surface area (TPSA) is 29.5 Å². The second-order valence-electron chi connectivity index (χ2n) is 4.15. The van der Waals surface area contributed by atoms with E-state index in [9.17, 15) is 9.50 Å². The van der Waals surface area contributed by atoms with E-state index in [0.29, 0.717) is 29.5 Å². The van der Waals surface area contributed by atoms with E-state index in [1.807, 2.05) is 0 Å². The summed E-state index contributed by atoms with van der Waals surface area (Å²) in [6.07, 6.45) is 0.808. The van der Waals surface area contributed by atoms with Crippen molar-refractivity contribution < 1.29 is 14.2 Å². The lowest BCUT2D eigenvalue weighted by Gasteiger charge is -2.16. The summed E-state index contributed by atoms with van der Waals surface area (Å²) in [7, 11) is 0. The number of hydrogen-bond donors (Lipinski definition) is 1. The summed E-state index contributed by atoms with van der Waals surface area (Å²) >= 11 is 5.92. The third kappa shape index (κ3) is 2.73. The first-order valence-corrected chi connectivity index (χ1v) is 5.75. The average Bonchev–Trinajstić information content (AvgIpc) is 2.74. The molecule has 2 nitrogen and oxygen atoms in total. The third-order valence-corrected chi connectivity index (χ3v) is 3.24. The molecule has 0 saturated carbocycles. The summed E-state index contributed by atoms with van der Waals surface area (Å²) in [6, 6.07) is 4.06. The Labute approximate surface area is 99.0 Å². The van der Waals surface area contributed by atoms with Crippen LogP contribution in [0.3, 0.4) is 0 Å². The number of halogens is 2. The van der Waals surface area contributed by atoms with Crippen molar-refractivity contribution in [2.75, 3.05) is 13.2 Å². The van der Waals surface area contributed by atoms with E-state index < -0.39 is 6.10 Å². The maximum atomic E-state index is 13.0. The summed E-state index contributed by atoms with van der Waals surface area (Å²) < 4.78 is 18.3. The zero-order chi connectivity index (χ0) is 11.5. The minimum absolute atomic E-state index is 0.342. The van der Waals surface area contributed by atoms with Crippen LogP contribution >= 0.6 is 11.6 Å². The summed E-state index contributed by atoms with van der Waals surface area (Å²) in [5.41, 5.74) is 0.466. The van der Waals surface area contributed by atoms with Crippen molar-refractivity contribution >= 4 is 11.6 Å². The van der Waals surface area contributed by atoms with Gasteiger partial charge in [-0.1, -0.05) is 11.6 Å². The Morgan fingerprint density at radius 2 is 2.38 bits per heavy atom. The number of rotatable bonds is 3. The molecule has 1 aliphatic rings. The molecule has 1 fully saturated rings. The Morgan fingerprint density at radius 3 is 3.06 bits per heavy atom. The van der Waals surface area contributed by atoms with Crippen molar-refractivity contribution in [2.45, 2.75) is 18.9 Å². The average molecular weight is 245 g/mol. The van der Waals surface area contributed by atoms with Gasteiger partial charge in [-0.05, 0) is 37.0 Å². The van der Waals surface area contributed by atoms with Crippen LogP contribution in [0.4, 0.5) is 4.39 Å². The standard InChI is InChI=1S/C12H14ClFO2/c13-11-2-1-9(14)6-10(11)12(15)5-8-3-4-16-7-8/h1-2,6,8,12,15H,3-5,7H2. The van der Waals surface area contributed by atoms with Gasteiger partial charge in [-0.2, -0.15) is 0 Å². The van der Waals surface area contributed by atoms with Gasteiger partial charge < -0.3 is 9.84 Å². The van der Waals surface area contributed by atoms with Crippen LogP contribution < -0.4 is 0 Å². The van der Waals surface area contributed by atoms with Crippen LogP contribution in [-0.2, 0) is 4.74 Å². The van der Waals surface area contributed by atoms with Crippen LogP contribution in [0.2, 0.25) is 5.02 Å². The Bertz CT molecular complexity index is 364. The first-order valence-electron chi connectivity index (χ1n) is 5.37. The number of ether oxygens (including phenoxy) is 1. The summed E-state index contributed by atoms with van der Waals surface area (Å²) in [5, 5.41) is 10.4. The van der Waals surface area contributed by atoms with Gasteiger partial charge in [0.25, 0.3) is 0 Å². The molecule has 0 bridgehead atoms. The highest BCUT2D eigenvalue weighted by molar-refractivity contribution is 6.31. The van der Waals surface area contributed by atoms with Gasteiger partial charge in [0.2, 0.25) is 0 Å². The lowest BCUT2D eigenvalue weighted by Crippen LogP contribution is -2.08. The molecule has 1 aliphatic heterocycles. The molecule has 1 N–H and O–H groups in total. The van der Waals surface area contributed by atoms with Crippen molar-refractivity contribution in [3.8, 4) is 0 Å². The Kier molecular flexibility index (Phi) is 3.79. The molecular formula is C12H14ClFO2. The quantitative estimate of drug-likeness (QED) is 0.886. The molecule has 0 spiro atoms. The molecule has 1 aromatic carbocycles. The van der Waals surface area contributed by atoms with Crippen LogP contribution in [0.15, 0.2) is 18.2 Å². The molecular weight excluding hydrogens is 231 g/mol. The van der Waals surface area contributed by atoms with E-state index in [4.69, 9.17) is 16.3 Å². The molecule has 0 aliphatic carbocycles. The fourth-order valence-electron chi connectivity index (χ4n) is 1.98. The first-order chi connectivity index (χ1) is 7.66. The molecule has 88 valence electrons. The Morgan fingerprint density at radius 1 is 1.56 bits per heavy atom. The number of aliphatic hydroxyl groups excluding tert-OH is 1. The maximum Gasteiger partial charge on any atom is 0.123 e. The normalized spacial score (nSPS) is 22.3. The smallest absolute Gasteiger partial charge is 0.123 e. The van der Waals surface area contributed by atoms with Gasteiger partial charge in [-0.25, -0.2) is 4.39 Å². The number of hydrogen-bond acceptors (Lipinski definition) is 2. The molecule has 0 aromatic heterocycles. The lowest BCUT2D eigenvalue weighted by molar-refractivity contribution is 0.129. The molecule has 16 heavy (non-hydrogen) atoms. The first kappa shape index (κ1) is 11.8. The number of benzene rings is 1. The minimum Gasteiger partial charge on any atom is -0.388 e. The highest BCUT2D eigenvalue weighted by atomic mass is 35.5. The molecule has 2 unspecified atom stereocenters. The van der Waals surface area contributed by atoms with E-state index in [-0.39, 0.29) is 5.82 Å². The van der Waals surface area contributed by atoms with Crippen LogP contribution in [-0.4, -0.2) is 18.3 Å². The van der Waals surface area contributed by atoms with E-state index >= 15 is 0 Å². The molecule has 4 heteroatoms. The Hall–Kier alpha value is -0.640. The van der Waals surface area contributed by atoms with Gasteiger partial charge in [-0.3, -0.25) is 0 Å². The zero-order valence-corrected chi connectivity index (χ0v) is 9.58. The van der Waals surface area contributed by atoms with Gasteiger partial charge in [0, 0.05) is 23.8 Å². The summed E-state index contributed by atoms with van der Waals surface area (Å²) in [6.45, 7) is 1.41. The second-order valence-corrected chi connectivity index (χ2v) is 4.55. The fraction of sp³-hybridized carbons (Fsp3) is 0.500. The van der Waals surface area contributed by atoms with Crippen molar-refractivity contribution in [1.82, 2.24) is 0 Å². The highest BCUT2D eigenvalue weighted by Gasteiger charge is 2.21. The molecule has 1 heterocycles. The summed E-state index contributed by atoms with van der Waals surface area (Å²) in [5.74, 6) is -0.0320. The molecule has 2 atom stereocenters. The molecule has 2 rings (SSSR count). The van der Waals surface area contributed by atoms with Gasteiger partial charge in [0.15, 0.2) is 0 Å². The van der Waals surface area contributed by atoms with E-state index in [0.717, 1.165) is 13.0 Å². The fourth-order valence-corrected chi connectivity index (χ4v) is 2.23. The Balaban J connectivity index is 2.07. The van der Waals surface area contributed by atoms with Crippen LogP contribution in [0.1, 0.15) is 24.5 Å². The van der Waals surface area contributed by atoms with Crippen molar-refractivity contribution in [2.24, 2.45) is 5.92 Å². The predicted molar refractivity (Wildman–Crippen MR) is 59.9 cm³/mol. The molecule has 1 aromatic rings. The largest absolute Gasteiger partial charge is 0.388 e. The van der Waals surface area contributed by atoms with Gasteiger partial charge in [-0.15, -0.1) is 0 Å². The molecule has 0 amide bonds. The van der Waals surface area contributed by atoms with Crippen LogP contribution in [0.25, 0.3) is 0 Å². The van der Waals surface area contributed by atoms with Gasteiger partial charge in [0.05, 0.1) is 6.10 Å². The minimum atomic E-state index is -0.713. The lowest BCUT2D eigenvalue weighted by atomic mass is 9.96. The zero-order valence-electron chi connectivity index (χ0n) is 8.83.